The monoisotopic (exact) mass is 405 g/mol. The molecule has 2 atom stereocenters. The van der Waals surface area contributed by atoms with E-state index in [-0.39, 0.29) is 24.4 Å². The highest BCUT2D eigenvalue weighted by Crippen LogP contribution is 2.39. The summed E-state index contributed by atoms with van der Waals surface area (Å²) in [6.45, 7) is 1.78. The first-order valence-electron chi connectivity index (χ1n) is 10.6. The molecule has 156 valence electrons. The van der Waals surface area contributed by atoms with Gasteiger partial charge in [0.15, 0.2) is 0 Å². The smallest absolute Gasteiger partial charge is 0.325 e. The molecular formula is C24H27N3O3. The van der Waals surface area contributed by atoms with Crippen molar-refractivity contribution in [3.05, 3.63) is 71.3 Å². The van der Waals surface area contributed by atoms with Crippen LogP contribution in [-0.2, 0) is 21.5 Å². The van der Waals surface area contributed by atoms with Crippen molar-refractivity contribution in [3.8, 4) is 0 Å². The summed E-state index contributed by atoms with van der Waals surface area (Å²) in [6.07, 6.45) is 3.94. The Bertz CT molecular complexity index is 959. The van der Waals surface area contributed by atoms with E-state index in [1.54, 1.807) is 0 Å². The van der Waals surface area contributed by atoms with Crippen LogP contribution in [0.1, 0.15) is 55.3 Å². The first-order chi connectivity index (χ1) is 14.5. The molecule has 0 unspecified atom stereocenters. The zero-order valence-electron chi connectivity index (χ0n) is 17.2. The lowest BCUT2D eigenvalue weighted by Crippen LogP contribution is -2.47. The zero-order valence-corrected chi connectivity index (χ0v) is 17.2. The van der Waals surface area contributed by atoms with Crippen molar-refractivity contribution >= 4 is 17.8 Å². The van der Waals surface area contributed by atoms with E-state index in [4.69, 9.17) is 0 Å². The number of amides is 4. The van der Waals surface area contributed by atoms with E-state index < -0.39 is 11.6 Å². The molecular weight excluding hydrogens is 378 g/mol. The van der Waals surface area contributed by atoms with Crippen molar-refractivity contribution in [2.45, 2.75) is 50.6 Å². The number of hydrogen-bond donors (Lipinski definition) is 2. The summed E-state index contributed by atoms with van der Waals surface area (Å²) in [4.78, 5) is 39.9. The summed E-state index contributed by atoms with van der Waals surface area (Å²) in [5.74, 6) is -0.663. The average Bonchev–Trinajstić information content (AvgIpc) is 2.99. The van der Waals surface area contributed by atoms with Gasteiger partial charge in [-0.1, -0.05) is 67.9 Å². The zero-order chi connectivity index (χ0) is 21.1. The molecule has 1 saturated heterocycles. The Morgan fingerprint density at radius 1 is 1.13 bits per heavy atom. The molecule has 1 aliphatic carbocycles. The third-order valence-corrected chi connectivity index (χ3v) is 6.07. The van der Waals surface area contributed by atoms with Crippen molar-refractivity contribution in [2.24, 2.45) is 0 Å². The Morgan fingerprint density at radius 2 is 1.87 bits per heavy atom. The van der Waals surface area contributed by atoms with Crippen molar-refractivity contribution < 1.29 is 14.4 Å². The van der Waals surface area contributed by atoms with Crippen molar-refractivity contribution in [3.63, 3.8) is 0 Å². The van der Waals surface area contributed by atoms with E-state index in [0.717, 1.165) is 47.3 Å². The molecule has 2 aliphatic rings. The molecule has 0 aromatic heterocycles. The molecule has 1 aliphatic heterocycles. The fraction of sp³-hybridized carbons (Fsp3) is 0.375. The van der Waals surface area contributed by atoms with Gasteiger partial charge in [-0.3, -0.25) is 14.5 Å². The number of aryl methyl sites for hydroxylation is 1. The van der Waals surface area contributed by atoms with Gasteiger partial charge in [-0.15, -0.1) is 0 Å². The van der Waals surface area contributed by atoms with E-state index in [2.05, 4.69) is 17.6 Å². The second-order valence-electron chi connectivity index (χ2n) is 8.06. The van der Waals surface area contributed by atoms with Crippen LogP contribution in [0.15, 0.2) is 54.6 Å². The molecule has 4 rings (SSSR count). The highest BCUT2D eigenvalue weighted by atomic mass is 16.2. The van der Waals surface area contributed by atoms with E-state index in [1.165, 1.54) is 0 Å². The standard InChI is InChI=1S/C24H27N3O3/c1-2-9-20(18-11-4-3-5-12-18)25-21(28)16-27-22(29)24(26-23(27)30)15-8-13-17-10-6-7-14-19(17)24/h3-7,10-12,14,20H,2,8-9,13,15-16H2,1H3,(H,25,28)(H,26,30)/t20-,24-/m0/s1. The topological polar surface area (TPSA) is 78.5 Å². The maximum Gasteiger partial charge on any atom is 0.325 e. The van der Waals surface area contributed by atoms with Crippen molar-refractivity contribution in [1.82, 2.24) is 15.5 Å². The van der Waals surface area contributed by atoms with Crippen LogP contribution in [0.2, 0.25) is 0 Å². The number of benzene rings is 2. The van der Waals surface area contributed by atoms with Gasteiger partial charge in [-0.2, -0.15) is 0 Å². The van der Waals surface area contributed by atoms with Gasteiger partial charge in [0.1, 0.15) is 12.1 Å². The Kier molecular flexibility index (Phi) is 5.57. The minimum atomic E-state index is -1.05. The molecule has 30 heavy (non-hydrogen) atoms. The van der Waals surface area contributed by atoms with Gasteiger partial charge in [0.2, 0.25) is 5.91 Å². The molecule has 4 amide bonds. The number of hydrogen-bond acceptors (Lipinski definition) is 3. The van der Waals surface area contributed by atoms with Crippen LogP contribution in [0.4, 0.5) is 4.79 Å². The Morgan fingerprint density at radius 3 is 2.63 bits per heavy atom. The van der Waals surface area contributed by atoms with Crippen LogP contribution in [0.5, 0.6) is 0 Å². The molecule has 1 spiro atoms. The minimum Gasteiger partial charge on any atom is -0.348 e. The fourth-order valence-electron chi connectivity index (χ4n) is 4.63. The molecule has 6 nitrogen and oxygen atoms in total. The average molecular weight is 405 g/mol. The SMILES string of the molecule is CCC[C@H](NC(=O)CN1C(=O)N[C@]2(CCCc3ccccc32)C1=O)c1ccccc1. The number of fused-ring (bicyclic) bond motifs is 2. The molecule has 0 saturated carbocycles. The number of carbonyl (C=O) groups is 3. The molecule has 2 N–H and O–H groups in total. The van der Waals surface area contributed by atoms with Gasteiger partial charge < -0.3 is 10.6 Å². The van der Waals surface area contributed by atoms with Gasteiger partial charge in [0.05, 0.1) is 6.04 Å². The quantitative estimate of drug-likeness (QED) is 0.723. The Balaban J connectivity index is 1.51. The molecule has 0 radical (unpaired) electrons. The normalized spacial score (nSPS) is 21.3. The van der Waals surface area contributed by atoms with Crippen LogP contribution < -0.4 is 10.6 Å². The van der Waals surface area contributed by atoms with Crippen LogP contribution >= 0.6 is 0 Å². The van der Waals surface area contributed by atoms with E-state index in [0.29, 0.717) is 6.42 Å². The van der Waals surface area contributed by atoms with Gasteiger partial charge in [0, 0.05) is 0 Å². The summed E-state index contributed by atoms with van der Waals surface area (Å²) in [6, 6.07) is 16.8. The van der Waals surface area contributed by atoms with Crippen LogP contribution in [0.3, 0.4) is 0 Å². The van der Waals surface area contributed by atoms with E-state index in [1.807, 2.05) is 54.6 Å². The highest BCUT2D eigenvalue weighted by molar-refractivity contribution is 6.09. The summed E-state index contributed by atoms with van der Waals surface area (Å²) in [7, 11) is 0. The number of nitrogens with zero attached hydrogens (tertiary/aromatic N) is 1. The minimum absolute atomic E-state index is 0.145. The molecule has 0 bridgehead atoms. The summed E-state index contributed by atoms with van der Waals surface area (Å²) >= 11 is 0. The predicted molar refractivity (Wildman–Crippen MR) is 114 cm³/mol. The lowest BCUT2D eigenvalue weighted by Gasteiger charge is -2.33. The second-order valence-corrected chi connectivity index (χ2v) is 8.06. The molecule has 1 heterocycles. The molecule has 6 heteroatoms. The van der Waals surface area contributed by atoms with Gasteiger partial charge in [-0.05, 0) is 42.4 Å². The highest BCUT2D eigenvalue weighted by Gasteiger charge is 2.54. The van der Waals surface area contributed by atoms with Crippen LogP contribution in [-0.4, -0.2) is 29.3 Å². The second kappa shape index (κ2) is 8.30. The largest absolute Gasteiger partial charge is 0.348 e. The summed E-state index contributed by atoms with van der Waals surface area (Å²) < 4.78 is 0. The molecule has 1 fully saturated rings. The Hall–Kier alpha value is -3.15. The van der Waals surface area contributed by atoms with Gasteiger partial charge in [-0.25, -0.2) is 4.79 Å². The number of carbonyl (C=O) groups excluding carboxylic acids is 3. The number of urea groups is 1. The predicted octanol–water partition coefficient (Wildman–Crippen LogP) is 3.43. The first-order valence-corrected chi connectivity index (χ1v) is 10.6. The lowest BCUT2D eigenvalue weighted by atomic mass is 9.76. The van der Waals surface area contributed by atoms with Gasteiger partial charge in [0.25, 0.3) is 5.91 Å². The summed E-state index contributed by atoms with van der Waals surface area (Å²) in [5, 5.41) is 5.90. The first kappa shape index (κ1) is 20.1. The third kappa shape index (κ3) is 3.58. The van der Waals surface area contributed by atoms with E-state index in [9.17, 15) is 14.4 Å². The third-order valence-electron chi connectivity index (χ3n) is 6.07. The van der Waals surface area contributed by atoms with E-state index >= 15 is 0 Å². The van der Waals surface area contributed by atoms with Crippen molar-refractivity contribution in [1.29, 1.82) is 0 Å². The fourth-order valence-corrected chi connectivity index (χ4v) is 4.63. The summed E-state index contributed by atoms with van der Waals surface area (Å²) in [5.41, 5.74) is 1.90. The number of nitrogens with one attached hydrogen (secondary N) is 2. The Labute approximate surface area is 176 Å². The maximum atomic E-state index is 13.3. The van der Waals surface area contributed by atoms with Crippen LogP contribution in [0.25, 0.3) is 0 Å². The molecule has 2 aromatic carbocycles. The van der Waals surface area contributed by atoms with Crippen LogP contribution in [0, 0.1) is 0 Å². The maximum absolute atomic E-state index is 13.3. The van der Waals surface area contributed by atoms with Crippen molar-refractivity contribution in [2.75, 3.05) is 6.54 Å². The number of imide groups is 1. The molecule has 2 aromatic rings. The number of rotatable bonds is 6. The van der Waals surface area contributed by atoms with Gasteiger partial charge >= 0.3 is 6.03 Å². The lowest BCUT2D eigenvalue weighted by molar-refractivity contribution is -0.135.